The van der Waals surface area contributed by atoms with Gasteiger partial charge in [0.15, 0.2) is 0 Å². The molecule has 14 heavy (non-hydrogen) atoms. The molecule has 0 fully saturated rings. The van der Waals surface area contributed by atoms with Gasteiger partial charge in [0.2, 0.25) is 0 Å². The number of carbonyl (C=O) groups excluding carboxylic acids is 1. The van der Waals surface area contributed by atoms with Crippen LogP contribution in [0.4, 0.5) is 4.79 Å². The second-order valence-electron chi connectivity index (χ2n) is 2.62. The van der Waals surface area contributed by atoms with Crippen molar-refractivity contribution in [3.63, 3.8) is 0 Å². The van der Waals surface area contributed by atoms with E-state index < -0.39 is 6.16 Å². The maximum atomic E-state index is 10.8. The number of nitrogens with zero attached hydrogens (tertiary/aromatic N) is 1. The minimum atomic E-state index is -0.788. The maximum absolute atomic E-state index is 10.8. The first-order chi connectivity index (χ1) is 6.79. The van der Waals surface area contributed by atoms with Crippen molar-refractivity contribution in [3.8, 4) is 6.01 Å². The highest BCUT2D eigenvalue weighted by Gasteiger charge is 2.07. The Balaban J connectivity index is 2.31. The van der Waals surface area contributed by atoms with Gasteiger partial charge in [-0.05, 0) is 12.1 Å². The molecule has 0 unspecified atom stereocenters. The summed E-state index contributed by atoms with van der Waals surface area (Å²) in [6.07, 6.45) is -0.788. The molecule has 0 aliphatic rings. The summed E-state index contributed by atoms with van der Waals surface area (Å²) in [6.45, 7) is 0. The Morgan fingerprint density at radius 2 is 2.21 bits per heavy atom. The van der Waals surface area contributed by atoms with E-state index in [2.05, 4.69) is 14.7 Å². The van der Waals surface area contributed by atoms with Crippen molar-refractivity contribution in [3.05, 3.63) is 24.3 Å². The highest BCUT2D eigenvalue weighted by atomic mass is 16.7. The first-order valence-electron chi connectivity index (χ1n) is 4.00. The molecular formula is C9H8N2O3. The van der Waals surface area contributed by atoms with Gasteiger partial charge in [-0.2, -0.15) is 4.98 Å². The molecule has 0 amide bonds. The van der Waals surface area contributed by atoms with Gasteiger partial charge in [0.05, 0.1) is 18.1 Å². The molecule has 0 aliphatic heterocycles. The van der Waals surface area contributed by atoms with Crippen LogP contribution in [0.3, 0.4) is 0 Å². The van der Waals surface area contributed by atoms with Crippen molar-refractivity contribution >= 4 is 17.2 Å². The number of fused-ring (bicyclic) bond motifs is 1. The Bertz CT molecular complexity index is 431. The molecule has 0 bridgehead atoms. The topological polar surface area (TPSA) is 64.2 Å². The summed E-state index contributed by atoms with van der Waals surface area (Å²) < 4.78 is 9.05. The zero-order valence-electron chi connectivity index (χ0n) is 7.48. The normalized spacial score (nSPS) is 10.1. The fourth-order valence-electron chi connectivity index (χ4n) is 1.10. The van der Waals surface area contributed by atoms with Crippen LogP contribution in [0.5, 0.6) is 6.01 Å². The second-order valence-corrected chi connectivity index (χ2v) is 2.62. The zero-order chi connectivity index (χ0) is 9.97. The Morgan fingerprint density at radius 3 is 2.93 bits per heavy atom. The summed E-state index contributed by atoms with van der Waals surface area (Å²) >= 11 is 0. The minimum Gasteiger partial charge on any atom is -0.437 e. The number of hydrogen-bond acceptors (Lipinski definition) is 4. The van der Waals surface area contributed by atoms with Crippen molar-refractivity contribution < 1.29 is 14.3 Å². The molecular weight excluding hydrogens is 184 g/mol. The third-order valence-corrected chi connectivity index (χ3v) is 1.71. The van der Waals surface area contributed by atoms with Gasteiger partial charge in [-0.15, -0.1) is 0 Å². The Morgan fingerprint density at radius 1 is 1.43 bits per heavy atom. The molecule has 1 N–H and O–H groups in total. The molecule has 5 heteroatoms. The van der Waals surface area contributed by atoms with E-state index in [1.54, 1.807) is 0 Å². The lowest BCUT2D eigenvalue weighted by molar-refractivity contribution is 0.118. The molecule has 1 aromatic carbocycles. The van der Waals surface area contributed by atoms with E-state index in [0.29, 0.717) is 0 Å². The number of carbonyl (C=O) groups is 1. The van der Waals surface area contributed by atoms with Crippen LogP contribution >= 0.6 is 0 Å². The van der Waals surface area contributed by atoms with E-state index in [0.717, 1.165) is 11.0 Å². The number of ether oxygens (including phenoxy) is 2. The molecule has 0 saturated heterocycles. The van der Waals surface area contributed by atoms with E-state index in [1.807, 2.05) is 24.3 Å². The van der Waals surface area contributed by atoms with Crippen molar-refractivity contribution in [1.82, 2.24) is 9.97 Å². The summed E-state index contributed by atoms with van der Waals surface area (Å²) in [5.41, 5.74) is 1.55. The van der Waals surface area contributed by atoms with E-state index in [1.165, 1.54) is 7.11 Å². The summed E-state index contributed by atoms with van der Waals surface area (Å²) in [7, 11) is 1.24. The van der Waals surface area contributed by atoms with Crippen LogP contribution in [0.25, 0.3) is 11.0 Å². The van der Waals surface area contributed by atoms with Crippen LogP contribution in [-0.4, -0.2) is 23.2 Å². The molecule has 0 spiro atoms. The number of aromatic nitrogens is 2. The Kier molecular flexibility index (Phi) is 2.06. The largest absolute Gasteiger partial charge is 0.516 e. The highest BCUT2D eigenvalue weighted by Crippen LogP contribution is 2.14. The summed E-state index contributed by atoms with van der Waals surface area (Å²) in [5.74, 6) is 0. The molecule has 0 aliphatic carbocycles. The number of H-pyrrole nitrogens is 1. The SMILES string of the molecule is COC(=O)Oc1nc2ccccc2[nH]1. The Hall–Kier alpha value is -2.04. The lowest BCUT2D eigenvalue weighted by Crippen LogP contribution is -2.08. The van der Waals surface area contributed by atoms with Gasteiger partial charge >= 0.3 is 12.2 Å². The van der Waals surface area contributed by atoms with Crippen LogP contribution in [0.15, 0.2) is 24.3 Å². The standard InChI is InChI=1S/C9H8N2O3/c1-13-9(12)14-8-10-6-4-2-3-5-7(6)11-8/h2-5H,1H3,(H,10,11). The predicted molar refractivity (Wildman–Crippen MR) is 49.1 cm³/mol. The number of nitrogens with one attached hydrogen (secondary N) is 1. The summed E-state index contributed by atoms with van der Waals surface area (Å²) in [5, 5.41) is 0. The van der Waals surface area contributed by atoms with Crippen molar-refractivity contribution in [2.45, 2.75) is 0 Å². The number of benzene rings is 1. The van der Waals surface area contributed by atoms with Gasteiger partial charge < -0.3 is 14.5 Å². The summed E-state index contributed by atoms with van der Waals surface area (Å²) in [4.78, 5) is 17.6. The van der Waals surface area contributed by atoms with Gasteiger partial charge in [-0.25, -0.2) is 4.79 Å². The van der Waals surface area contributed by atoms with Crippen LogP contribution < -0.4 is 4.74 Å². The van der Waals surface area contributed by atoms with Crippen LogP contribution in [0.2, 0.25) is 0 Å². The third-order valence-electron chi connectivity index (χ3n) is 1.71. The first kappa shape index (κ1) is 8.55. The quantitative estimate of drug-likeness (QED) is 0.698. The van der Waals surface area contributed by atoms with Gasteiger partial charge in [-0.1, -0.05) is 12.1 Å². The Labute approximate surface area is 79.7 Å². The van der Waals surface area contributed by atoms with Crippen LogP contribution in [-0.2, 0) is 4.74 Å². The van der Waals surface area contributed by atoms with Crippen LogP contribution in [0, 0.1) is 0 Å². The van der Waals surface area contributed by atoms with Gasteiger partial charge in [-0.3, -0.25) is 0 Å². The summed E-state index contributed by atoms with van der Waals surface area (Å²) in [6, 6.07) is 7.51. The van der Waals surface area contributed by atoms with Gasteiger partial charge in [0.25, 0.3) is 0 Å². The molecule has 72 valence electrons. The van der Waals surface area contributed by atoms with Gasteiger partial charge in [0, 0.05) is 0 Å². The zero-order valence-corrected chi connectivity index (χ0v) is 7.48. The lowest BCUT2D eigenvalue weighted by Gasteiger charge is -1.95. The molecule has 0 saturated carbocycles. The molecule has 1 aromatic heterocycles. The fourth-order valence-corrected chi connectivity index (χ4v) is 1.10. The molecule has 0 radical (unpaired) electrons. The average Bonchev–Trinajstić information content (AvgIpc) is 2.59. The maximum Gasteiger partial charge on any atom is 0.516 e. The van der Waals surface area contributed by atoms with Crippen molar-refractivity contribution in [1.29, 1.82) is 0 Å². The number of imidazole rings is 1. The number of methoxy groups -OCH3 is 1. The number of rotatable bonds is 1. The third kappa shape index (κ3) is 1.52. The smallest absolute Gasteiger partial charge is 0.437 e. The second kappa shape index (κ2) is 3.37. The fraction of sp³-hybridized carbons (Fsp3) is 0.111. The highest BCUT2D eigenvalue weighted by molar-refractivity contribution is 5.76. The molecule has 2 aromatic rings. The predicted octanol–water partition coefficient (Wildman–Crippen LogP) is 1.71. The minimum absolute atomic E-state index is 0.137. The van der Waals surface area contributed by atoms with E-state index in [9.17, 15) is 4.79 Å². The molecule has 0 atom stereocenters. The first-order valence-corrected chi connectivity index (χ1v) is 4.00. The number of para-hydroxylation sites is 2. The number of aromatic amines is 1. The molecule has 1 heterocycles. The van der Waals surface area contributed by atoms with E-state index >= 15 is 0 Å². The van der Waals surface area contributed by atoms with Gasteiger partial charge in [0.1, 0.15) is 0 Å². The average molecular weight is 192 g/mol. The van der Waals surface area contributed by atoms with E-state index in [4.69, 9.17) is 4.74 Å². The number of hydrogen-bond donors (Lipinski definition) is 1. The van der Waals surface area contributed by atoms with Crippen LogP contribution in [0.1, 0.15) is 0 Å². The molecule has 2 rings (SSSR count). The van der Waals surface area contributed by atoms with Crippen molar-refractivity contribution in [2.75, 3.05) is 7.11 Å². The molecule has 5 nitrogen and oxygen atoms in total. The van der Waals surface area contributed by atoms with Crippen molar-refractivity contribution in [2.24, 2.45) is 0 Å². The monoisotopic (exact) mass is 192 g/mol. The van der Waals surface area contributed by atoms with E-state index in [-0.39, 0.29) is 6.01 Å². The lowest BCUT2D eigenvalue weighted by atomic mass is 10.3.